The van der Waals surface area contributed by atoms with Crippen LogP contribution in [0.5, 0.6) is 5.75 Å². The van der Waals surface area contributed by atoms with E-state index in [0.29, 0.717) is 0 Å². The van der Waals surface area contributed by atoms with Crippen LogP contribution in [0.2, 0.25) is 5.02 Å². The molecule has 0 aromatic heterocycles. The molecular weight excluding hydrogens is 282 g/mol. The molecule has 21 heavy (non-hydrogen) atoms. The van der Waals surface area contributed by atoms with Crippen molar-refractivity contribution in [2.75, 3.05) is 19.7 Å². The molecule has 0 bridgehead atoms. The normalized spacial score (nSPS) is 13.5. The van der Waals surface area contributed by atoms with Gasteiger partial charge in [-0.2, -0.15) is 0 Å². The van der Waals surface area contributed by atoms with E-state index in [1.165, 1.54) is 36.8 Å². The Bertz CT molecular complexity index is 445. The zero-order chi connectivity index (χ0) is 15.1. The molecular formula is C18H28ClNO. The van der Waals surface area contributed by atoms with Gasteiger partial charge in [-0.15, -0.1) is 0 Å². The zero-order valence-electron chi connectivity index (χ0n) is 13.4. The molecule has 1 aliphatic heterocycles. The average Bonchev–Trinajstić information content (AvgIpc) is 2.89. The number of halogens is 1. The highest BCUT2D eigenvalue weighted by molar-refractivity contribution is 6.30. The highest BCUT2D eigenvalue weighted by Crippen LogP contribution is 2.33. The maximum absolute atomic E-state index is 6.19. The third-order valence-corrected chi connectivity index (χ3v) is 4.15. The summed E-state index contributed by atoms with van der Waals surface area (Å²) in [5, 5.41) is 4.35. The lowest BCUT2D eigenvalue weighted by molar-refractivity contribution is 0.353. The van der Waals surface area contributed by atoms with E-state index in [0.717, 1.165) is 49.2 Å². The molecule has 2 nitrogen and oxygen atoms in total. The standard InChI is InChI=1S/C18H28ClNO/c1-14(2)13-20-9-6-4-3-5-7-15-11-17(19)12-16-8-10-21-18(15)16/h11-12,14,20H,3-10,13H2,1-2H3. The van der Waals surface area contributed by atoms with Crippen molar-refractivity contribution in [1.82, 2.24) is 5.32 Å². The minimum Gasteiger partial charge on any atom is -0.493 e. The summed E-state index contributed by atoms with van der Waals surface area (Å²) in [5.74, 6) is 1.85. The molecule has 0 amide bonds. The molecule has 0 radical (unpaired) electrons. The lowest BCUT2D eigenvalue weighted by atomic mass is 10.0. The first-order valence-electron chi connectivity index (χ1n) is 8.31. The maximum Gasteiger partial charge on any atom is 0.125 e. The second kappa shape index (κ2) is 8.65. The van der Waals surface area contributed by atoms with Gasteiger partial charge in [0.2, 0.25) is 0 Å². The Labute approximate surface area is 134 Å². The van der Waals surface area contributed by atoms with Crippen LogP contribution in [0.25, 0.3) is 0 Å². The van der Waals surface area contributed by atoms with Crippen molar-refractivity contribution in [3.8, 4) is 5.75 Å². The van der Waals surface area contributed by atoms with E-state index in [9.17, 15) is 0 Å². The van der Waals surface area contributed by atoms with Crippen LogP contribution in [0.4, 0.5) is 0 Å². The van der Waals surface area contributed by atoms with E-state index in [1.807, 2.05) is 6.07 Å². The Morgan fingerprint density at radius 3 is 2.81 bits per heavy atom. The van der Waals surface area contributed by atoms with Crippen LogP contribution in [-0.4, -0.2) is 19.7 Å². The second-order valence-corrected chi connectivity index (χ2v) is 6.85. The van der Waals surface area contributed by atoms with E-state index >= 15 is 0 Å². The summed E-state index contributed by atoms with van der Waals surface area (Å²) in [6.45, 7) is 7.58. The van der Waals surface area contributed by atoms with Crippen LogP contribution in [-0.2, 0) is 12.8 Å². The molecule has 1 aromatic carbocycles. The first-order valence-corrected chi connectivity index (χ1v) is 8.69. The molecule has 1 aromatic rings. The number of ether oxygens (including phenoxy) is 1. The Kier molecular flexibility index (Phi) is 6.85. The van der Waals surface area contributed by atoms with Crippen LogP contribution in [0.3, 0.4) is 0 Å². The van der Waals surface area contributed by atoms with Crippen LogP contribution in [0.1, 0.15) is 50.7 Å². The summed E-state index contributed by atoms with van der Waals surface area (Å²) in [7, 11) is 0. The van der Waals surface area contributed by atoms with Crippen molar-refractivity contribution in [2.24, 2.45) is 5.92 Å². The van der Waals surface area contributed by atoms with Crippen molar-refractivity contribution < 1.29 is 4.74 Å². The fourth-order valence-corrected chi connectivity index (χ4v) is 3.10. The van der Waals surface area contributed by atoms with Gasteiger partial charge in [0.25, 0.3) is 0 Å². The first-order chi connectivity index (χ1) is 10.2. The molecule has 1 N–H and O–H groups in total. The SMILES string of the molecule is CC(C)CNCCCCCCc1cc(Cl)cc2c1OCC2. The molecule has 0 aliphatic carbocycles. The van der Waals surface area contributed by atoms with E-state index < -0.39 is 0 Å². The van der Waals surface area contributed by atoms with E-state index in [4.69, 9.17) is 16.3 Å². The summed E-state index contributed by atoms with van der Waals surface area (Å²) in [6, 6.07) is 4.13. The highest BCUT2D eigenvalue weighted by atomic mass is 35.5. The minimum atomic E-state index is 0.745. The molecule has 0 unspecified atom stereocenters. The van der Waals surface area contributed by atoms with Crippen LogP contribution < -0.4 is 10.1 Å². The van der Waals surface area contributed by atoms with Gasteiger partial charge >= 0.3 is 0 Å². The van der Waals surface area contributed by atoms with Gasteiger partial charge in [0.1, 0.15) is 5.75 Å². The molecule has 2 rings (SSSR count). The van der Waals surface area contributed by atoms with Crippen LogP contribution in [0.15, 0.2) is 12.1 Å². The summed E-state index contributed by atoms with van der Waals surface area (Å²) < 4.78 is 5.75. The number of hydrogen-bond acceptors (Lipinski definition) is 2. The fraction of sp³-hybridized carbons (Fsp3) is 0.667. The number of fused-ring (bicyclic) bond motifs is 1. The number of hydrogen-bond donors (Lipinski definition) is 1. The Morgan fingerprint density at radius 2 is 2.00 bits per heavy atom. The third kappa shape index (κ3) is 5.52. The molecule has 0 fully saturated rings. The molecule has 1 heterocycles. The van der Waals surface area contributed by atoms with Gasteiger partial charge in [-0.25, -0.2) is 0 Å². The van der Waals surface area contributed by atoms with Gasteiger partial charge in [-0.05, 0) is 61.5 Å². The fourth-order valence-electron chi connectivity index (χ4n) is 2.84. The minimum absolute atomic E-state index is 0.745. The molecule has 0 atom stereocenters. The van der Waals surface area contributed by atoms with Crippen LogP contribution >= 0.6 is 11.6 Å². The molecule has 3 heteroatoms. The summed E-state index contributed by atoms with van der Waals surface area (Å²) in [4.78, 5) is 0. The predicted molar refractivity (Wildman–Crippen MR) is 90.5 cm³/mol. The number of aryl methyl sites for hydroxylation is 1. The number of nitrogens with one attached hydrogen (secondary N) is 1. The zero-order valence-corrected chi connectivity index (χ0v) is 14.1. The van der Waals surface area contributed by atoms with Gasteiger partial charge in [0, 0.05) is 11.4 Å². The Hall–Kier alpha value is -0.730. The number of unbranched alkanes of at least 4 members (excludes halogenated alkanes) is 3. The molecule has 0 saturated carbocycles. The van der Waals surface area contributed by atoms with E-state index in [-0.39, 0.29) is 0 Å². The van der Waals surface area contributed by atoms with Crippen molar-refractivity contribution in [1.29, 1.82) is 0 Å². The van der Waals surface area contributed by atoms with Gasteiger partial charge in [-0.1, -0.05) is 38.3 Å². The largest absolute Gasteiger partial charge is 0.493 e. The number of benzene rings is 1. The van der Waals surface area contributed by atoms with Crippen molar-refractivity contribution in [3.05, 3.63) is 28.3 Å². The topological polar surface area (TPSA) is 21.3 Å². The Morgan fingerprint density at radius 1 is 1.19 bits per heavy atom. The van der Waals surface area contributed by atoms with Gasteiger partial charge < -0.3 is 10.1 Å². The summed E-state index contributed by atoms with van der Waals surface area (Å²) in [6.07, 6.45) is 7.17. The number of rotatable bonds is 9. The summed E-state index contributed by atoms with van der Waals surface area (Å²) >= 11 is 6.19. The molecule has 1 aliphatic rings. The quantitative estimate of drug-likeness (QED) is 0.672. The van der Waals surface area contributed by atoms with Crippen LogP contribution in [0, 0.1) is 5.92 Å². The monoisotopic (exact) mass is 309 g/mol. The predicted octanol–water partition coefficient (Wildman–Crippen LogP) is 4.62. The third-order valence-electron chi connectivity index (χ3n) is 3.93. The molecule has 0 spiro atoms. The van der Waals surface area contributed by atoms with Crippen molar-refractivity contribution in [3.63, 3.8) is 0 Å². The smallest absolute Gasteiger partial charge is 0.125 e. The highest BCUT2D eigenvalue weighted by Gasteiger charge is 2.17. The molecule has 118 valence electrons. The lowest BCUT2D eigenvalue weighted by Gasteiger charge is -2.09. The van der Waals surface area contributed by atoms with E-state index in [1.54, 1.807) is 0 Å². The van der Waals surface area contributed by atoms with E-state index in [2.05, 4.69) is 25.2 Å². The van der Waals surface area contributed by atoms with Crippen molar-refractivity contribution in [2.45, 2.75) is 52.4 Å². The van der Waals surface area contributed by atoms with Crippen molar-refractivity contribution >= 4 is 11.6 Å². The Balaban J connectivity index is 1.63. The van der Waals surface area contributed by atoms with Gasteiger partial charge in [0.15, 0.2) is 0 Å². The van der Waals surface area contributed by atoms with Gasteiger partial charge in [-0.3, -0.25) is 0 Å². The molecule has 0 saturated heterocycles. The summed E-state index contributed by atoms with van der Waals surface area (Å²) in [5.41, 5.74) is 2.59. The average molecular weight is 310 g/mol. The maximum atomic E-state index is 6.19. The van der Waals surface area contributed by atoms with Gasteiger partial charge in [0.05, 0.1) is 6.61 Å². The first kappa shape index (κ1) is 16.6. The lowest BCUT2D eigenvalue weighted by Crippen LogP contribution is -2.20. The second-order valence-electron chi connectivity index (χ2n) is 6.41.